The summed E-state index contributed by atoms with van der Waals surface area (Å²) in [7, 11) is 0. The molecule has 108 valence electrons. The van der Waals surface area contributed by atoms with E-state index in [0.717, 1.165) is 32.1 Å². The molecule has 4 aliphatic rings. The van der Waals surface area contributed by atoms with Crippen molar-refractivity contribution in [3.05, 3.63) is 0 Å². The van der Waals surface area contributed by atoms with Crippen molar-refractivity contribution in [1.82, 2.24) is 9.80 Å². The van der Waals surface area contributed by atoms with Gasteiger partial charge in [-0.2, -0.15) is 0 Å². The molecule has 3 heterocycles. The van der Waals surface area contributed by atoms with Gasteiger partial charge in [-0.1, -0.05) is 20.8 Å². The predicted molar refractivity (Wildman–Crippen MR) is 75.6 cm³/mol. The molecule has 2 N–H and O–H groups in total. The maximum atomic E-state index is 12.3. The summed E-state index contributed by atoms with van der Waals surface area (Å²) in [5.74, 6) is 1.81. The normalized spacial score (nSPS) is 42.2. The van der Waals surface area contributed by atoms with Gasteiger partial charge in [-0.3, -0.25) is 14.6 Å². The lowest BCUT2D eigenvalue weighted by molar-refractivity contribution is -0.147. The second kappa shape index (κ2) is 4.45. The van der Waals surface area contributed by atoms with Crippen LogP contribution in [0.3, 0.4) is 0 Å². The Morgan fingerprint density at radius 3 is 2.68 bits per heavy atom. The number of carbonyl (C=O) groups is 1. The number of likely N-dealkylation sites (tertiary alicyclic amines) is 1. The van der Waals surface area contributed by atoms with E-state index >= 15 is 0 Å². The molecule has 1 amide bonds. The molecule has 4 unspecified atom stereocenters. The van der Waals surface area contributed by atoms with E-state index in [1.807, 2.05) is 0 Å². The van der Waals surface area contributed by atoms with Crippen molar-refractivity contribution in [2.75, 3.05) is 26.2 Å². The summed E-state index contributed by atoms with van der Waals surface area (Å²) in [6, 6.07) is 0.366. The number of fused-ring (bicyclic) bond motifs is 1. The number of hydrogen-bond acceptors (Lipinski definition) is 3. The lowest BCUT2D eigenvalue weighted by Gasteiger charge is -2.57. The number of hydrogen-bond donors (Lipinski definition) is 1. The zero-order valence-electron chi connectivity index (χ0n) is 12.4. The van der Waals surface area contributed by atoms with Gasteiger partial charge < -0.3 is 5.73 Å². The van der Waals surface area contributed by atoms with E-state index in [1.165, 1.54) is 12.8 Å². The van der Waals surface area contributed by atoms with E-state index in [1.54, 1.807) is 0 Å². The van der Waals surface area contributed by atoms with Crippen molar-refractivity contribution < 1.29 is 4.79 Å². The molecular formula is C15H27N3O. The summed E-state index contributed by atoms with van der Waals surface area (Å²) in [5.41, 5.74) is 5.55. The number of carbonyl (C=O) groups excluding carboxylic acids is 1. The van der Waals surface area contributed by atoms with Gasteiger partial charge in [0.25, 0.3) is 0 Å². The average Bonchev–Trinajstić information content (AvgIpc) is 2.56. The first kappa shape index (κ1) is 13.4. The van der Waals surface area contributed by atoms with Crippen LogP contribution in [0.4, 0.5) is 0 Å². The summed E-state index contributed by atoms with van der Waals surface area (Å²) in [5, 5.41) is 0. The SMILES string of the molecule is CCN1CC2CC3CN(CC(C)C)C(C2)C31C(N)=O. The van der Waals surface area contributed by atoms with Gasteiger partial charge >= 0.3 is 0 Å². The maximum absolute atomic E-state index is 12.3. The summed E-state index contributed by atoms with van der Waals surface area (Å²) >= 11 is 0. The minimum Gasteiger partial charge on any atom is -0.368 e. The maximum Gasteiger partial charge on any atom is 0.239 e. The Labute approximate surface area is 116 Å². The number of likely N-dealkylation sites (N-methyl/N-ethyl adjacent to an activating group) is 1. The molecule has 19 heavy (non-hydrogen) atoms. The summed E-state index contributed by atoms with van der Waals surface area (Å²) in [4.78, 5) is 17.3. The van der Waals surface area contributed by atoms with Gasteiger partial charge in [0.1, 0.15) is 5.54 Å². The fourth-order valence-corrected chi connectivity index (χ4v) is 5.16. The van der Waals surface area contributed by atoms with E-state index in [0.29, 0.717) is 17.9 Å². The van der Waals surface area contributed by atoms with Gasteiger partial charge in [0.15, 0.2) is 0 Å². The van der Waals surface area contributed by atoms with E-state index in [9.17, 15) is 4.79 Å². The molecule has 4 fully saturated rings. The fourth-order valence-electron chi connectivity index (χ4n) is 5.16. The molecule has 0 spiro atoms. The van der Waals surface area contributed by atoms with Crippen LogP contribution in [0.1, 0.15) is 33.6 Å². The lowest BCUT2D eigenvalue weighted by Crippen LogP contribution is -2.73. The first-order valence-electron chi connectivity index (χ1n) is 7.79. The van der Waals surface area contributed by atoms with Gasteiger partial charge in [0.05, 0.1) is 0 Å². The molecule has 3 aliphatic heterocycles. The number of nitrogens with zero attached hydrogens (tertiary/aromatic N) is 2. The standard InChI is InChI=1S/C15H27N3O/c1-4-18-8-11-5-12-9-17(7-10(2)3)13(6-11)15(12,18)14(16)19/h10-13H,4-9H2,1-3H3,(H2,16,19). The second-order valence-electron chi connectivity index (χ2n) is 7.13. The van der Waals surface area contributed by atoms with Gasteiger partial charge in [-0.15, -0.1) is 0 Å². The fraction of sp³-hybridized carbons (Fsp3) is 0.933. The summed E-state index contributed by atoms with van der Waals surface area (Å²) in [6.07, 6.45) is 2.37. The van der Waals surface area contributed by atoms with Crippen LogP contribution in [0.25, 0.3) is 0 Å². The molecule has 3 saturated heterocycles. The van der Waals surface area contributed by atoms with Crippen molar-refractivity contribution in [1.29, 1.82) is 0 Å². The number of primary amides is 1. The van der Waals surface area contributed by atoms with Crippen LogP contribution in [0.5, 0.6) is 0 Å². The predicted octanol–water partition coefficient (Wildman–Crippen LogP) is 0.912. The van der Waals surface area contributed by atoms with Crippen LogP contribution in [-0.2, 0) is 4.79 Å². The largest absolute Gasteiger partial charge is 0.368 e. The van der Waals surface area contributed by atoms with Crippen molar-refractivity contribution in [2.24, 2.45) is 23.5 Å². The third kappa shape index (κ3) is 1.69. The zero-order chi connectivity index (χ0) is 13.8. The van der Waals surface area contributed by atoms with Crippen molar-refractivity contribution in [3.8, 4) is 0 Å². The van der Waals surface area contributed by atoms with Crippen LogP contribution < -0.4 is 5.73 Å². The number of piperidine rings is 2. The highest BCUT2D eigenvalue weighted by Gasteiger charge is 2.66. The highest BCUT2D eigenvalue weighted by Crippen LogP contribution is 2.53. The summed E-state index contributed by atoms with van der Waals surface area (Å²) < 4.78 is 0. The Morgan fingerprint density at radius 2 is 2.11 bits per heavy atom. The minimum atomic E-state index is -0.363. The molecular weight excluding hydrogens is 238 g/mol. The Morgan fingerprint density at radius 1 is 1.37 bits per heavy atom. The first-order valence-corrected chi connectivity index (χ1v) is 7.79. The molecule has 1 aliphatic carbocycles. The van der Waals surface area contributed by atoms with E-state index in [4.69, 9.17) is 5.73 Å². The quantitative estimate of drug-likeness (QED) is 0.822. The zero-order valence-corrected chi connectivity index (χ0v) is 12.4. The van der Waals surface area contributed by atoms with Crippen LogP contribution in [0.2, 0.25) is 0 Å². The smallest absolute Gasteiger partial charge is 0.239 e. The number of amides is 1. The molecule has 1 saturated carbocycles. The Kier molecular flexibility index (Phi) is 3.13. The monoisotopic (exact) mass is 265 g/mol. The Hall–Kier alpha value is -0.610. The number of nitrogens with two attached hydrogens (primary N) is 1. The topological polar surface area (TPSA) is 49.6 Å². The van der Waals surface area contributed by atoms with E-state index in [-0.39, 0.29) is 11.4 Å². The van der Waals surface area contributed by atoms with Gasteiger partial charge in [-0.05, 0) is 31.2 Å². The highest BCUT2D eigenvalue weighted by molar-refractivity contribution is 5.87. The molecule has 4 nitrogen and oxygen atoms in total. The molecule has 0 aromatic rings. The van der Waals surface area contributed by atoms with Crippen molar-refractivity contribution in [3.63, 3.8) is 0 Å². The molecule has 4 rings (SSSR count). The second-order valence-corrected chi connectivity index (χ2v) is 7.13. The number of rotatable bonds is 4. The van der Waals surface area contributed by atoms with Crippen LogP contribution >= 0.6 is 0 Å². The van der Waals surface area contributed by atoms with Crippen molar-refractivity contribution >= 4 is 5.91 Å². The summed E-state index contributed by atoms with van der Waals surface area (Å²) in [6.45, 7) is 10.9. The van der Waals surface area contributed by atoms with E-state index in [2.05, 4.69) is 30.6 Å². The lowest BCUT2D eigenvalue weighted by atomic mass is 9.63. The Bertz CT molecular complexity index is 384. The molecule has 4 atom stereocenters. The van der Waals surface area contributed by atoms with Gasteiger partial charge in [-0.25, -0.2) is 0 Å². The van der Waals surface area contributed by atoms with E-state index < -0.39 is 0 Å². The van der Waals surface area contributed by atoms with Crippen LogP contribution in [0, 0.1) is 17.8 Å². The molecule has 0 radical (unpaired) electrons. The average molecular weight is 265 g/mol. The molecule has 0 aromatic heterocycles. The van der Waals surface area contributed by atoms with Gasteiger partial charge in [0, 0.05) is 31.6 Å². The third-order valence-electron chi connectivity index (χ3n) is 5.58. The Balaban J connectivity index is 1.97. The van der Waals surface area contributed by atoms with Crippen LogP contribution in [-0.4, -0.2) is 53.5 Å². The first-order chi connectivity index (χ1) is 9.00. The molecule has 4 heteroatoms. The van der Waals surface area contributed by atoms with Crippen LogP contribution in [0.15, 0.2) is 0 Å². The minimum absolute atomic E-state index is 0.0752. The van der Waals surface area contributed by atoms with Crippen molar-refractivity contribution in [2.45, 2.75) is 45.2 Å². The third-order valence-corrected chi connectivity index (χ3v) is 5.58. The molecule has 4 bridgehead atoms. The molecule has 0 aromatic carbocycles. The van der Waals surface area contributed by atoms with Gasteiger partial charge in [0.2, 0.25) is 5.91 Å². The highest BCUT2D eigenvalue weighted by atomic mass is 16.2.